The van der Waals surface area contributed by atoms with Crippen LogP contribution in [-0.4, -0.2) is 33.5 Å². The molecule has 2 fully saturated rings. The van der Waals surface area contributed by atoms with E-state index in [1.54, 1.807) is 6.92 Å². The van der Waals surface area contributed by atoms with Crippen LogP contribution in [0.5, 0.6) is 0 Å². The molecule has 0 spiro atoms. The zero-order valence-electron chi connectivity index (χ0n) is 11.3. The Balaban J connectivity index is 2.14. The van der Waals surface area contributed by atoms with Gasteiger partial charge >= 0.3 is 5.97 Å². The zero-order valence-corrected chi connectivity index (χ0v) is 11.3. The van der Waals surface area contributed by atoms with Gasteiger partial charge in [-0.3, -0.25) is 4.79 Å². The Kier molecular flexibility index (Phi) is 2.51. The number of carbonyl (C=O) groups excluding carboxylic acids is 1. The van der Waals surface area contributed by atoms with Gasteiger partial charge in [-0.1, -0.05) is 19.6 Å². The van der Waals surface area contributed by atoms with E-state index in [9.17, 15) is 15.0 Å². The van der Waals surface area contributed by atoms with Gasteiger partial charge in [-0.05, 0) is 30.9 Å². The molecule has 4 heteroatoms. The summed E-state index contributed by atoms with van der Waals surface area (Å²) >= 11 is 0. The van der Waals surface area contributed by atoms with E-state index in [2.05, 4.69) is 6.58 Å². The summed E-state index contributed by atoms with van der Waals surface area (Å²) in [5, 5.41) is 22.1. The third-order valence-corrected chi connectivity index (χ3v) is 5.36. The molecule has 0 aromatic carbocycles. The Morgan fingerprint density at radius 2 is 2.16 bits per heavy atom. The largest absolute Gasteiger partial charge is 0.458 e. The number of esters is 1. The average molecular weight is 264 g/mol. The molecule has 19 heavy (non-hydrogen) atoms. The molecule has 3 aliphatic rings. The van der Waals surface area contributed by atoms with Crippen molar-refractivity contribution in [1.82, 2.24) is 0 Å². The normalized spacial score (nSPS) is 49.3. The standard InChI is InChI=1S/C15H20O4/c1-8-4-5-11-10(3)13(16)19-12(11)15(18)9(2)6-7-14(8,15)17/h6,10-12,17-18H,1,4-5,7H2,2-3H3. The van der Waals surface area contributed by atoms with Crippen LogP contribution in [0.1, 0.15) is 33.1 Å². The fraction of sp³-hybridized carbons (Fsp3) is 0.667. The van der Waals surface area contributed by atoms with Gasteiger partial charge in [-0.25, -0.2) is 0 Å². The number of fused-ring (bicyclic) bond motifs is 3. The van der Waals surface area contributed by atoms with Gasteiger partial charge in [0.05, 0.1) is 5.92 Å². The van der Waals surface area contributed by atoms with Crippen molar-refractivity contribution in [3.63, 3.8) is 0 Å². The first-order valence-corrected chi connectivity index (χ1v) is 6.83. The topological polar surface area (TPSA) is 66.8 Å². The van der Waals surface area contributed by atoms with Crippen molar-refractivity contribution in [3.05, 3.63) is 23.8 Å². The Morgan fingerprint density at radius 3 is 2.84 bits per heavy atom. The molecule has 0 radical (unpaired) electrons. The number of aliphatic hydroxyl groups is 2. The average Bonchev–Trinajstić information content (AvgIpc) is 2.76. The highest BCUT2D eigenvalue weighted by Crippen LogP contribution is 2.55. The van der Waals surface area contributed by atoms with Gasteiger partial charge in [0, 0.05) is 12.3 Å². The fourth-order valence-electron chi connectivity index (χ4n) is 3.91. The molecule has 2 N–H and O–H groups in total. The molecular formula is C15H20O4. The zero-order chi connectivity index (χ0) is 14.0. The molecule has 4 nitrogen and oxygen atoms in total. The molecule has 3 rings (SSSR count). The maximum absolute atomic E-state index is 11.8. The van der Waals surface area contributed by atoms with E-state index in [-0.39, 0.29) is 17.8 Å². The second-order valence-corrected chi connectivity index (χ2v) is 6.17. The molecule has 0 aromatic heterocycles. The quantitative estimate of drug-likeness (QED) is 0.511. The van der Waals surface area contributed by atoms with Crippen molar-refractivity contribution in [2.75, 3.05) is 0 Å². The molecule has 1 aliphatic heterocycles. The Bertz CT molecular complexity index is 494. The van der Waals surface area contributed by atoms with Gasteiger partial charge in [0.25, 0.3) is 0 Å². The lowest BCUT2D eigenvalue weighted by Crippen LogP contribution is -2.60. The van der Waals surface area contributed by atoms with Crippen LogP contribution in [0.3, 0.4) is 0 Å². The SMILES string of the molecule is C=C1CCC2C(C)C(=O)OC2C2(O)C(C)=CCC12O. The number of rotatable bonds is 0. The predicted octanol–water partition coefficient (Wildman–Crippen LogP) is 1.33. The molecule has 0 amide bonds. The first kappa shape index (κ1) is 12.9. The van der Waals surface area contributed by atoms with Crippen LogP contribution in [0.25, 0.3) is 0 Å². The van der Waals surface area contributed by atoms with Crippen molar-refractivity contribution < 1.29 is 19.7 Å². The van der Waals surface area contributed by atoms with E-state index in [1.807, 2.05) is 13.0 Å². The van der Waals surface area contributed by atoms with E-state index in [0.29, 0.717) is 30.4 Å². The van der Waals surface area contributed by atoms with Crippen LogP contribution < -0.4 is 0 Å². The van der Waals surface area contributed by atoms with Crippen molar-refractivity contribution in [1.29, 1.82) is 0 Å². The van der Waals surface area contributed by atoms with E-state index in [1.165, 1.54) is 0 Å². The lowest BCUT2D eigenvalue weighted by atomic mass is 9.72. The van der Waals surface area contributed by atoms with Crippen LogP contribution >= 0.6 is 0 Å². The second kappa shape index (κ2) is 3.70. The van der Waals surface area contributed by atoms with Gasteiger partial charge in [-0.15, -0.1) is 0 Å². The number of carbonyl (C=O) groups is 1. The fourth-order valence-corrected chi connectivity index (χ4v) is 3.91. The highest BCUT2D eigenvalue weighted by Gasteiger charge is 2.66. The molecule has 2 aliphatic carbocycles. The summed E-state index contributed by atoms with van der Waals surface area (Å²) in [5.41, 5.74) is -1.61. The maximum atomic E-state index is 11.8. The van der Waals surface area contributed by atoms with E-state index < -0.39 is 17.3 Å². The third kappa shape index (κ3) is 1.33. The molecule has 0 aromatic rings. The molecule has 1 heterocycles. The summed E-state index contributed by atoms with van der Waals surface area (Å²) in [6.07, 6.45) is 2.82. The summed E-state index contributed by atoms with van der Waals surface area (Å²) in [4.78, 5) is 11.8. The third-order valence-electron chi connectivity index (χ3n) is 5.36. The molecule has 104 valence electrons. The highest BCUT2D eigenvalue weighted by atomic mass is 16.6. The van der Waals surface area contributed by atoms with Crippen LogP contribution in [0.4, 0.5) is 0 Å². The van der Waals surface area contributed by atoms with Crippen LogP contribution in [0.15, 0.2) is 23.8 Å². The van der Waals surface area contributed by atoms with E-state index in [0.717, 1.165) is 0 Å². The van der Waals surface area contributed by atoms with Crippen LogP contribution in [0, 0.1) is 11.8 Å². The highest BCUT2D eigenvalue weighted by molar-refractivity contribution is 5.75. The Labute approximate surface area is 112 Å². The number of hydrogen-bond acceptors (Lipinski definition) is 4. The van der Waals surface area contributed by atoms with Gasteiger partial charge in [0.1, 0.15) is 11.7 Å². The van der Waals surface area contributed by atoms with Crippen molar-refractivity contribution in [2.24, 2.45) is 11.8 Å². The first-order chi connectivity index (χ1) is 8.82. The van der Waals surface area contributed by atoms with Crippen molar-refractivity contribution >= 4 is 5.97 Å². The Hall–Kier alpha value is -1.13. The minimum atomic E-state index is -1.52. The molecule has 5 atom stereocenters. The van der Waals surface area contributed by atoms with Gasteiger partial charge in [0.2, 0.25) is 0 Å². The smallest absolute Gasteiger partial charge is 0.309 e. The number of ether oxygens (including phenoxy) is 1. The predicted molar refractivity (Wildman–Crippen MR) is 69.2 cm³/mol. The molecule has 1 saturated heterocycles. The maximum Gasteiger partial charge on any atom is 0.309 e. The first-order valence-electron chi connectivity index (χ1n) is 6.83. The molecular weight excluding hydrogens is 244 g/mol. The van der Waals surface area contributed by atoms with Crippen molar-refractivity contribution in [2.45, 2.75) is 50.4 Å². The lowest BCUT2D eigenvalue weighted by molar-refractivity contribution is -0.175. The minimum Gasteiger partial charge on any atom is -0.458 e. The summed E-state index contributed by atoms with van der Waals surface area (Å²) in [6.45, 7) is 7.57. The summed E-state index contributed by atoms with van der Waals surface area (Å²) < 4.78 is 5.43. The lowest BCUT2D eigenvalue weighted by Gasteiger charge is -2.43. The molecule has 0 bridgehead atoms. The minimum absolute atomic E-state index is 0.0651. The second-order valence-electron chi connectivity index (χ2n) is 6.17. The summed E-state index contributed by atoms with van der Waals surface area (Å²) in [7, 11) is 0. The van der Waals surface area contributed by atoms with Gasteiger partial charge < -0.3 is 14.9 Å². The van der Waals surface area contributed by atoms with Crippen LogP contribution in [-0.2, 0) is 9.53 Å². The monoisotopic (exact) mass is 264 g/mol. The summed E-state index contributed by atoms with van der Waals surface area (Å²) in [5.74, 6) is -0.583. The molecule has 5 unspecified atom stereocenters. The van der Waals surface area contributed by atoms with Gasteiger partial charge in [0.15, 0.2) is 5.60 Å². The van der Waals surface area contributed by atoms with Gasteiger partial charge in [-0.2, -0.15) is 0 Å². The van der Waals surface area contributed by atoms with E-state index in [4.69, 9.17) is 4.74 Å². The number of hydrogen-bond donors (Lipinski definition) is 2. The van der Waals surface area contributed by atoms with Crippen LogP contribution in [0.2, 0.25) is 0 Å². The van der Waals surface area contributed by atoms with Crippen molar-refractivity contribution in [3.8, 4) is 0 Å². The summed E-state index contributed by atoms with van der Waals surface area (Å²) in [6, 6.07) is 0. The Morgan fingerprint density at radius 1 is 1.47 bits per heavy atom. The van der Waals surface area contributed by atoms with E-state index >= 15 is 0 Å². The molecule has 1 saturated carbocycles.